The molecule has 0 amide bonds. The number of ether oxygens (including phenoxy) is 2. The Balaban J connectivity index is 1.59. The van der Waals surface area contributed by atoms with E-state index in [1.165, 1.54) is 11.1 Å². The largest absolute Gasteiger partial charge is 0.457 e. The van der Waals surface area contributed by atoms with Crippen molar-refractivity contribution >= 4 is 43.5 Å². The minimum absolute atomic E-state index is 0.270. The lowest BCUT2D eigenvalue weighted by Gasteiger charge is -2.27. The Morgan fingerprint density at radius 2 is 1.84 bits per heavy atom. The molecule has 1 fully saturated rings. The number of hydrogen-bond donors (Lipinski definition) is 0. The first-order valence-corrected chi connectivity index (χ1v) is 12.7. The second kappa shape index (κ2) is 11.2. The van der Waals surface area contributed by atoms with Gasteiger partial charge < -0.3 is 9.47 Å². The molecule has 6 heteroatoms. The van der Waals surface area contributed by atoms with Crippen molar-refractivity contribution in [3.63, 3.8) is 0 Å². The van der Waals surface area contributed by atoms with Crippen LogP contribution in [0, 0.1) is 6.92 Å². The zero-order chi connectivity index (χ0) is 22.5. The van der Waals surface area contributed by atoms with Gasteiger partial charge in [0, 0.05) is 45.8 Å². The molecule has 3 aromatic rings. The lowest BCUT2D eigenvalue weighted by molar-refractivity contribution is 0.0676. The minimum Gasteiger partial charge on any atom is -0.457 e. The van der Waals surface area contributed by atoms with Crippen molar-refractivity contribution in [1.29, 1.82) is 0 Å². The van der Waals surface area contributed by atoms with Gasteiger partial charge in [0.2, 0.25) is 0 Å². The van der Waals surface area contributed by atoms with Crippen molar-refractivity contribution in [2.45, 2.75) is 39.0 Å². The monoisotopic (exact) mass is 577 g/mol. The second-order valence-electron chi connectivity index (χ2n) is 8.21. The van der Waals surface area contributed by atoms with Gasteiger partial charge in [-0.15, -0.1) is 0 Å². The lowest BCUT2D eigenvalue weighted by Crippen LogP contribution is -2.31. The van der Waals surface area contributed by atoms with E-state index in [-0.39, 0.29) is 6.10 Å². The van der Waals surface area contributed by atoms with Gasteiger partial charge in [0.15, 0.2) is 0 Å². The van der Waals surface area contributed by atoms with E-state index in [9.17, 15) is 0 Å². The second-order valence-corrected chi connectivity index (χ2v) is 10.4. The van der Waals surface area contributed by atoms with Gasteiger partial charge in [-0.25, -0.2) is 0 Å². The van der Waals surface area contributed by atoms with Crippen LogP contribution in [0.25, 0.3) is 0 Å². The molecule has 1 unspecified atom stereocenters. The van der Waals surface area contributed by atoms with Crippen molar-refractivity contribution in [3.05, 3.63) is 91.3 Å². The van der Waals surface area contributed by atoms with E-state index in [0.717, 1.165) is 65.1 Å². The summed E-state index contributed by atoms with van der Waals surface area (Å²) in [4.78, 5) is 2.44. The Morgan fingerprint density at radius 1 is 1.03 bits per heavy atom. The highest BCUT2D eigenvalue weighted by Crippen LogP contribution is 2.32. The molecule has 0 aromatic heterocycles. The average Bonchev–Trinajstić information content (AvgIpc) is 3.25. The van der Waals surface area contributed by atoms with Crippen LogP contribution in [0.3, 0.4) is 0 Å². The van der Waals surface area contributed by atoms with Crippen LogP contribution >= 0.6 is 43.5 Å². The summed E-state index contributed by atoms with van der Waals surface area (Å²) in [6.45, 7) is 5.43. The molecule has 0 radical (unpaired) electrons. The maximum absolute atomic E-state index is 6.25. The van der Waals surface area contributed by atoms with Crippen molar-refractivity contribution in [3.8, 4) is 11.5 Å². The first-order chi connectivity index (χ1) is 15.5. The number of benzene rings is 3. The van der Waals surface area contributed by atoms with Gasteiger partial charge in [0.25, 0.3) is 0 Å². The third kappa shape index (κ3) is 6.58. The molecule has 1 aliphatic heterocycles. The Labute approximate surface area is 211 Å². The smallest absolute Gasteiger partial charge is 0.133 e. The lowest BCUT2D eigenvalue weighted by atomic mass is 10.1. The van der Waals surface area contributed by atoms with Crippen LogP contribution in [0.15, 0.2) is 69.6 Å². The zero-order valence-electron chi connectivity index (χ0n) is 18.0. The molecule has 1 aliphatic rings. The Morgan fingerprint density at radius 3 is 2.59 bits per heavy atom. The fourth-order valence-corrected chi connectivity index (χ4v) is 5.07. The molecule has 0 saturated carbocycles. The predicted octanol–water partition coefficient (Wildman–Crippen LogP) is 8.15. The highest BCUT2D eigenvalue weighted by Gasteiger charge is 2.21. The van der Waals surface area contributed by atoms with Crippen LogP contribution < -0.4 is 4.74 Å². The van der Waals surface area contributed by atoms with Gasteiger partial charge in [-0.2, -0.15) is 0 Å². The molecular formula is C26H26Br2ClNO2. The number of nitrogens with zero attached hydrogens (tertiary/aromatic N) is 1. The molecule has 0 spiro atoms. The summed E-state index contributed by atoms with van der Waals surface area (Å²) in [6, 6.07) is 20.2. The summed E-state index contributed by atoms with van der Waals surface area (Å²) in [6.07, 6.45) is 2.51. The standard InChI is InChI=1S/C26H26Br2ClNO2/c1-18-7-8-19(25(28)12-18)15-30(17-24-6-3-11-31-24)16-20-9-10-21(27)13-26(20)32-23-5-2-4-22(29)14-23/h2,4-5,7-10,12-14,24H,3,6,11,15-17H2,1H3. The van der Waals surface area contributed by atoms with Gasteiger partial charge in [0.1, 0.15) is 11.5 Å². The summed E-state index contributed by atoms with van der Waals surface area (Å²) in [5.74, 6) is 1.55. The molecule has 0 bridgehead atoms. The topological polar surface area (TPSA) is 21.7 Å². The fourth-order valence-electron chi connectivity index (χ4n) is 3.94. The molecule has 168 valence electrons. The number of rotatable bonds is 8. The maximum atomic E-state index is 6.25. The summed E-state index contributed by atoms with van der Waals surface area (Å²) in [7, 11) is 0. The van der Waals surface area contributed by atoms with Crippen molar-refractivity contribution in [1.82, 2.24) is 4.90 Å². The van der Waals surface area contributed by atoms with Crippen LogP contribution in [-0.4, -0.2) is 24.2 Å². The molecular weight excluding hydrogens is 554 g/mol. The van der Waals surface area contributed by atoms with E-state index >= 15 is 0 Å². The summed E-state index contributed by atoms with van der Waals surface area (Å²) in [5.41, 5.74) is 3.63. The number of hydrogen-bond acceptors (Lipinski definition) is 3. The molecule has 1 atom stereocenters. The highest BCUT2D eigenvalue weighted by atomic mass is 79.9. The normalized spacial score (nSPS) is 16.0. The van der Waals surface area contributed by atoms with E-state index < -0.39 is 0 Å². The minimum atomic E-state index is 0.270. The molecule has 1 saturated heterocycles. The highest BCUT2D eigenvalue weighted by molar-refractivity contribution is 9.10. The van der Waals surface area contributed by atoms with Crippen LogP contribution in [0.2, 0.25) is 5.02 Å². The van der Waals surface area contributed by atoms with Crippen LogP contribution in [0.5, 0.6) is 11.5 Å². The van der Waals surface area contributed by atoms with Crippen molar-refractivity contribution in [2.24, 2.45) is 0 Å². The van der Waals surface area contributed by atoms with E-state index in [2.05, 4.69) is 74.0 Å². The van der Waals surface area contributed by atoms with Crippen molar-refractivity contribution < 1.29 is 9.47 Å². The van der Waals surface area contributed by atoms with Gasteiger partial charge in [-0.3, -0.25) is 4.90 Å². The molecule has 32 heavy (non-hydrogen) atoms. The maximum Gasteiger partial charge on any atom is 0.133 e. The van der Waals surface area contributed by atoms with E-state index in [1.54, 1.807) is 0 Å². The van der Waals surface area contributed by atoms with Crippen LogP contribution in [0.4, 0.5) is 0 Å². The predicted molar refractivity (Wildman–Crippen MR) is 138 cm³/mol. The number of aryl methyl sites for hydroxylation is 1. The third-order valence-corrected chi connectivity index (χ3v) is 7.00. The Bertz CT molecular complexity index is 1070. The van der Waals surface area contributed by atoms with Gasteiger partial charge in [-0.05, 0) is 67.3 Å². The molecule has 3 aromatic carbocycles. The summed E-state index contributed by atoms with van der Waals surface area (Å²) >= 11 is 13.5. The quantitative estimate of drug-likeness (QED) is 0.269. The first-order valence-electron chi connectivity index (χ1n) is 10.8. The molecule has 0 N–H and O–H groups in total. The van der Waals surface area contributed by atoms with Gasteiger partial charge >= 0.3 is 0 Å². The fraction of sp³-hybridized carbons (Fsp3) is 0.308. The van der Waals surface area contributed by atoms with Crippen LogP contribution in [0.1, 0.15) is 29.5 Å². The molecule has 0 aliphatic carbocycles. The first kappa shape index (κ1) is 23.8. The van der Waals surface area contributed by atoms with E-state index in [0.29, 0.717) is 5.02 Å². The van der Waals surface area contributed by atoms with E-state index in [4.69, 9.17) is 21.1 Å². The Kier molecular flexibility index (Phi) is 8.30. The van der Waals surface area contributed by atoms with Gasteiger partial charge in [0.05, 0.1) is 6.10 Å². The third-order valence-electron chi connectivity index (χ3n) is 5.54. The zero-order valence-corrected chi connectivity index (χ0v) is 21.9. The summed E-state index contributed by atoms with van der Waals surface area (Å²) in [5, 5.41) is 0.656. The Hall–Kier alpha value is -1.37. The number of halogens is 3. The summed E-state index contributed by atoms with van der Waals surface area (Å²) < 4.78 is 14.3. The molecule has 1 heterocycles. The molecule has 3 nitrogen and oxygen atoms in total. The SMILES string of the molecule is Cc1ccc(CN(Cc2ccc(Br)cc2Oc2cccc(Cl)c2)CC2CCCO2)c(Br)c1. The van der Waals surface area contributed by atoms with E-state index in [1.807, 2.05) is 30.3 Å². The van der Waals surface area contributed by atoms with Crippen molar-refractivity contribution in [2.75, 3.05) is 13.2 Å². The van der Waals surface area contributed by atoms with Gasteiger partial charge in [-0.1, -0.05) is 67.7 Å². The average molecular weight is 580 g/mol. The van der Waals surface area contributed by atoms with Crippen LogP contribution in [-0.2, 0) is 17.8 Å². The molecule has 4 rings (SSSR count).